The Morgan fingerprint density at radius 3 is 2.62 bits per heavy atom. The van der Waals surface area contributed by atoms with Crippen molar-refractivity contribution in [3.05, 3.63) is 58.8 Å². The van der Waals surface area contributed by atoms with E-state index in [9.17, 15) is 9.18 Å². The average molecular weight is 389 g/mol. The van der Waals surface area contributed by atoms with Gasteiger partial charge in [0.1, 0.15) is 17.3 Å². The number of carbonyl (C=O) groups is 1. The number of methoxy groups -OCH3 is 1. The summed E-state index contributed by atoms with van der Waals surface area (Å²) >= 11 is 6.52. The molecule has 1 fully saturated rings. The first-order chi connectivity index (χ1) is 12.5. The predicted molar refractivity (Wildman–Crippen MR) is 106 cm³/mol. The van der Waals surface area contributed by atoms with Gasteiger partial charge in [0.15, 0.2) is 4.32 Å². The van der Waals surface area contributed by atoms with Crippen LogP contribution in [0.1, 0.15) is 12.5 Å². The Morgan fingerprint density at radius 2 is 1.96 bits per heavy atom. The maximum Gasteiger partial charge on any atom is 0.270 e. The number of nitrogens with zero attached hydrogens (tertiary/aromatic N) is 1. The first kappa shape index (κ1) is 18.4. The second kappa shape index (κ2) is 7.88. The van der Waals surface area contributed by atoms with E-state index in [1.54, 1.807) is 19.3 Å². The molecular weight excluding hydrogens is 373 g/mol. The summed E-state index contributed by atoms with van der Waals surface area (Å²) in [6, 6.07) is 11.1. The Kier molecular flexibility index (Phi) is 5.58. The van der Waals surface area contributed by atoms with Gasteiger partial charge in [0.25, 0.3) is 5.91 Å². The fraction of sp³-hybridized carbons (Fsp3) is 0.158. The lowest BCUT2D eigenvalue weighted by molar-refractivity contribution is -0.113. The van der Waals surface area contributed by atoms with E-state index in [1.807, 2.05) is 19.1 Å². The number of halogens is 1. The summed E-state index contributed by atoms with van der Waals surface area (Å²) < 4.78 is 24.4. The number of hydrogen-bond donors (Lipinski definition) is 0. The number of carbonyl (C=O) groups excluding carboxylic acids is 1. The van der Waals surface area contributed by atoms with Gasteiger partial charge in [-0.15, -0.1) is 0 Å². The highest BCUT2D eigenvalue weighted by Crippen LogP contribution is 2.37. The molecule has 0 aliphatic carbocycles. The maximum absolute atomic E-state index is 13.1. The molecule has 134 valence electrons. The summed E-state index contributed by atoms with van der Waals surface area (Å²) in [5, 5.41) is 0. The van der Waals surface area contributed by atoms with Gasteiger partial charge in [-0.2, -0.15) is 0 Å². The van der Waals surface area contributed by atoms with Crippen LogP contribution in [0.25, 0.3) is 6.08 Å². The zero-order chi connectivity index (χ0) is 18.7. The Balaban J connectivity index is 1.91. The molecule has 3 rings (SSSR count). The molecule has 2 aromatic rings. The smallest absolute Gasteiger partial charge is 0.270 e. The normalized spacial score (nSPS) is 15.7. The molecule has 0 unspecified atom stereocenters. The van der Waals surface area contributed by atoms with Gasteiger partial charge in [-0.05, 0) is 49.4 Å². The van der Waals surface area contributed by atoms with Gasteiger partial charge in [0.05, 0.1) is 24.3 Å². The second-order valence-electron chi connectivity index (χ2n) is 5.33. The Morgan fingerprint density at radius 1 is 1.23 bits per heavy atom. The minimum Gasteiger partial charge on any atom is -0.496 e. The van der Waals surface area contributed by atoms with Crippen molar-refractivity contribution >= 4 is 46.0 Å². The van der Waals surface area contributed by atoms with Gasteiger partial charge in [-0.25, -0.2) is 4.39 Å². The van der Waals surface area contributed by atoms with Crippen molar-refractivity contribution in [1.82, 2.24) is 0 Å². The lowest BCUT2D eigenvalue weighted by Crippen LogP contribution is -2.27. The van der Waals surface area contributed by atoms with Crippen LogP contribution in [0.5, 0.6) is 11.5 Å². The van der Waals surface area contributed by atoms with Crippen molar-refractivity contribution in [3.63, 3.8) is 0 Å². The van der Waals surface area contributed by atoms with E-state index in [4.69, 9.17) is 21.7 Å². The molecule has 2 aromatic carbocycles. The first-order valence-electron chi connectivity index (χ1n) is 7.88. The topological polar surface area (TPSA) is 38.8 Å². The summed E-state index contributed by atoms with van der Waals surface area (Å²) in [5.74, 6) is 0.680. The third kappa shape index (κ3) is 3.73. The number of thioether (sulfide) groups is 1. The summed E-state index contributed by atoms with van der Waals surface area (Å²) in [5.41, 5.74) is 1.28. The molecule has 4 nitrogen and oxygen atoms in total. The monoisotopic (exact) mass is 389 g/mol. The molecule has 0 atom stereocenters. The van der Waals surface area contributed by atoms with Crippen LogP contribution in [0.2, 0.25) is 0 Å². The van der Waals surface area contributed by atoms with E-state index < -0.39 is 0 Å². The van der Waals surface area contributed by atoms with Crippen LogP contribution in [0, 0.1) is 5.82 Å². The minimum absolute atomic E-state index is 0.248. The van der Waals surface area contributed by atoms with Crippen molar-refractivity contribution in [2.45, 2.75) is 6.92 Å². The van der Waals surface area contributed by atoms with E-state index >= 15 is 0 Å². The van der Waals surface area contributed by atoms with Crippen LogP contribution < -0.4 is 14.4 Å². The van der Waals surface area contributed by atoms with Crippen LogP contribution in [0.3, 0.4) is 0 Å². The molecule has 1 heterocycles. The molecule has 1 saturated heterocycles. The molecule has 0 saturated carbocycles. The van der Waals surface area contributed by atoms with Crippen LogP contribution in [-0.4, -0.2) is 23.9 Å². The standard InChI is InChI=1S/C19H16FNO3S2/c1-3-24-15-9-4-12(16(11-15)23-2)10-17-18(22)21(19(25)26-17)14-7-5-13(20)6-8-14/h4-11H,3H2,1-2H3/b17-10-. The van der Waals surface area contributed by atoms with Gasteiger partial charge in [0.2, 0.25) is 0 Å². The van der Waals surface area contributed by atoms with Gasteiger partial charge < -0.3 is 9.47 Å². The average Bonchev–Trinajstić information content (AvgIpc) is 2.91. The third-order valence-electron chi connectivity index (χ3n) is 3.68. The van der Waals surface area contributed by atoms with E-state index in [1.165, 1.54) is 40.9 Å². The number of ether oxygens (including phenoxy) is 2. The van der Waals surface area contributed by atoms with E-state index in [0.29, 0.717) is 33.0 Å². The second-order valence-corrected chi connectivity index (χ2v) is 7.01. The lowest BCUT2D eigenvalue weighted by atomic mass is 10.1. The molecular formula is C19H16FNO3S2. The number of thiocarbonyl (C=S) groups is 1. The number of amides is 1. The molecule has 0 N–H and O–H groups in total. The summed E-state index contributed by atoms with van der Waals surface area (Å²) in [7, 11) is 1.56. The fourth-order valence-electron chi connectivity index (χ4n) is 2.49. The Hall–Kier alpha value is -2.38. The highest BCUT2D eigenvalue weighted by molar-refractivity contribution is 8.27. The molecule has 26 heavy (non-hydrogen) atoms. The Bertz CT molecular complexity index is 881. The van der Waals surface area contributed by atoms with Crippen LogP contribution >= 0.6 is 24.0 Å². The van der Waals surface area contributed by atoms with Crippen LogP contribution in [0.4, 0.5) is 10.1 Å². The van der Waals surface area contributed by atoms with E-state index in [0.717, 1.165) is 5.56 Å². The van der Waals surface area contributed by atoms with Crippen molar-refractivity contribution in [2.75, 3.05) is 18.6 Å². The molecule has 7 heteroatoms. The number of anilines is 1. The quantitative estimate of drug-likeness (QED) is 0.550. The molecule has 0 bridgehead atoms. The minimum atomic E-state index is -0.367. The first-order valence-corrected chi connectivity index (χ1v) is 9.10. The zero-order valence-electron chi connectivity index (χ0n) is 14.2. The molecule has 0 radical (unpaired) electrons. The van der Waals surface area contributed by atoms with Gasteiger partial charge >= 0.3 is 0 Å². The Labute approximate surface area is 160 Å². The summed E-state index contributed by atoms with van der Waals surface area (Å²) in [4.78, 5) is 14.6. The molecule has 1 amide bonds. The highest BCUT2D eigenvalue weighted by Gasteiger charge is 2.33. The zero-order valence-corrected chi connectivity index (χ0v) is 15.8. The number of rotatable bonds is 5. The third-order valence-corrected chi connectivity index (χ3v) is 4.98. The summed E-state index contributed by atoms with van der Waals surface area (Å²) in [6.07, 6.45) is 1.73. The van der Waals surface area contributed by atoms with Gasteiger partial charge in [-0.1, -0.05) is 24.0 Å². The lowest BCUT2D eigenvalue weighted by Gasteiger charge is -2.14. The molecule has 1 aliphatic heterocycles. The van der Waals surface area contributed by atoms with Crippen LogP contribution in [0.15, 0.2) is 47.4 Å². The molecule has 0 aromatic heterocycles. The van der Waals surface area contributed by atoms with E-state index in [2.05, 4.69) is 0 Å². The van der Waals surface area contributed by atoms with Crippen molar-refractivity contribution in [3.8, 4) is 11.5 Å². The molecule has 0 spiro atoms. The highest BCUT2D eigenvalue weighted by atomic mass is 32.2. The fourth-order valence-corrected chi connectivity index (χ4v) is 3.78. The molecule has 1 aliphatic rings. The predicted octanol–water partition coefficient (Wildman–Crippen LogP) is 4.64. The SMILES string of the molecule is CCOc1ccc(/C=C2\SC(=S)N(c3ccc(F)cc3)C2=O)c(OC)c1. The van der Waals surface area contributed by atoms with Crippen molar-refractivity contribution in [1.29, 1.82) is 0 Å². The maximum atomic E-state index is 13.1. The number of hydrogen-bond acceptors (Lipinski definition) is 5. The summed E-state index contributed by atoms with van der Waals surface area (Å²) in [6.45, 7) is 2.46. The van der Waals surface area contributed by atoms with Gasteiger partial charge in [0, 0.05) is 11.6 Å². The van der Waals surface area contributed by atoms with E-state index in [-0.39, 0.29) is 11.7 Å². The van der Waals surface area contributed by atoms with Crippen molar-refractivity contribution in [2.24, 2.45) is 0 Å². The van der Waals surface area contributed by atoms with Gasteiger partial charge in [-0.3, -0.25) is 9.69 Å². The largest absolute Gasteiger partial charge is 0.496 e. The van der Waals surface area contributed by atoms with Crippen molar-refractivity contribution < 1.29 is 18.7 Å². The van der Waals surface area contributed by atoms with Crippen LogP contribution in [-0.2, 0) is 4.79 Å². The number of benzene rings is 2.